The third-order valence-corrected chi connectivity index (χ3v) is 5.74. The third kappa shape index (κ3) is 2.68. The molecule has 0 atom stereocenters. The first-order chi connectivity index (χ1) is 13.4. The van der Waals surface area contributed by atoms with Gasteiger partial charge >= 0.3 is 0 Å². The van der Waals surface area contributed by atoms with E-state index in [1.807, 2.05) is 18.2 Å². The Morgan fingerprint density at radius 1 is 0.750 bits per heavy atom. The normalized spacial score (nSPS) is 11.8. The first kappa shape index (κ1) is 18.2. The first-order valence-corrected chi connectivity index (χ1v) is 9.61. The Kier molecular flexibility index (Phi) is 4.43. The number of phenolic OH excluding ortho intramolecular Hbond substituents is 1. The maximum absolute atomic E-state index is 11.1. The molecule has 0 aliphatic rings. The van der Waals surface area contributed by atoms with Gasteiger partial charge in [0.25, 0.3) is 0 Å². The lowest BCUT2D eigenvalue weighted by molar-refractivity contribution is 0.476. The molecular formula is C26H25NO. The largest absolute Gasteiger partial charge is 0.507 e. The van der Waals surface area contributed by atoms with Crippen LogP contribution >= 0.6 is 0 Å². The maximum atomic E-state index is 11.1. The Morgan fingerprint density at radius 3 is 1.82 bits per heavy atom. The topological polar surface area (TPSA) is 32.6 Å². The minimum absolute atomic E-state index is 0.281. The molecule has 0 aliphatic heterocycles. The van der Waals surface area contributed by atoms with Gasteiger partial charge in [-0.3, -0.25) is 4.99 Å². The van der Waals surface area contributed by atoms with Crippen LogP contribution in [0.25, 0.3) is 32.7 Å². The number of hydrogen-bond acceptors (Lipinski definition) is 2. The Balaban J connectivity index is 2.32. The van der Waals surface area contributed by atoms with E-state index in [1.54, 1.807) is 13.3 Å². The average Bonchev–Trinajstić information content (AvgIpc) is 2.68. The molecule has 0 amide bonds. The lowest BCUT2D eigenvalue weighted by Gasteiger charge is -2.19. The van der Waals surface area contributed by atoms with E-state index in [2.05, 4.69) is 63.0 Å². The van der Waals surface area contributed by atoms with Crippen molar-refractivity contribution in [1.82, 2.24) is 0 Å². The number of benzene rings is 4. The fourth-order valence-corrected chi connectivity index (χ4v) is 4.25. The smallest absolute Gasteiger partial charge is 0.132 e. The third-order valence-electron chi connectivity index (χ3n) is 5.74. The molecule has 0 spiro atoms. The van der Waals surface area contributed by atoms with Gasteiger partial charge in [-0.05, 0) is 83.6 Å². The summed E-state index contributed by atoms with van der Waals surface area (Å²) in [6.07, 6.45) is 1.71. The van der Waals surface area contributed by atoms with Crippen molar-refractivity contribution in [3.8, 4) is 16.9 Å². The Morgan fingerprint density at radius 2 is 1.29 bits per heavy atom. The first-order valence-electron chi connectivity index (χ1n) is 9.61. The highest BCUT2D eigenvalue weighted by Gasteiger charge is 2.19. The fraction of sp³-hybridized carbons (Fsp3) is 0.192. The minimum Gasteiger partial charge on any atom is -0.507 e. The van der Waals surface area contributed by atoms with E-state index in [0.29, 0.717) is 0 Å². The van der Waals surface area contributed by atoms with E-state index >= 15 is 0 Å². The molecule has 28 heavy (non-hydrogen) atoms. The summed E-state index contributed by atoms with van der Waals surface area (Å²) in [6.45, 7) is 8.61. The number of fused-ring (bicyclic) bond motifs is 2. The number of para-hydroxylation sites is 1. The van der Waals surface area contributed by atoms with Crippen LogP contribution in [-0.2, 0) is 0 Å². The summed E-state index contributed by atoms with van der Waals surface area (Å²) in [6, 6.07) is 16.9. The molecular weight excluding hydrogens is 342 g/mol. The van der Waals surface area contributed by atoms with E-state index in [9.17, 15) is 5.11 Å². The van der Waals surface area contributed by atoms with Gasteiger partial charge in [-0.2, -0.15) is 0 Å². The van der Waals surface area contributed by atoms with Crippen LogP contribution in [0.15, 0.2) is 53.5 Å². The van der Waals surface area contributed by atoms with Gasteiger partial charge in [0.1, 0.15) is 5.75 Å². The quantitative estimate of drug-likeness (QED) is 0.312. The van der Waals surface area contributed by atoms with E-state index in [1.165, 1.54) is 43.8 Å². The van der Waals surface area contributed by atoms with Gasteiger partial charge in [-0.1, -0.05) is 36.4 Å². The SMILES string of the molecule is CN=Cc1cccc(-c2c3c(C)ccc(C)c3cc3c(C)ccc(C)c23)c1O. The predicted molar refractivity (Wildman–Crippen MR) is 121 cm³/mol. The summed E-state index contributed by atoms with van der Waals surface area (Å²) in [5, 5.41) is 16.0. The van der Waals surface area contributed by atoms with Crippen molar-refractivity contribution < 1.29 is 5.11 Å². The molecule has 0 aliphatic carbocycles. The summed E-state index contributed by atoms with van der Waals surface area (Å²) < 4.78 is 0. The van der Waals surface area contributed by atoms with Gasteiger partial charge in [0.05, 0.1) is 0 Å². The van der Waals surface area contributed by atoms with Crippen molar-refractivity contribution in [1.29, 1.82) is 0 Å². The van der Waals surface area contributed by atoms with Gasteiger partial charge in [0.2, 0.25) is 0 Å². The number of rotatable bonds is 2. The van der Waals surface area contributed by atoms with Gasteiger partial charge < -0.3 is 5.11 Å². The summed E-state index contributed by atoms with van der Waals surface area (Å²) in [4.78, 5) is 4.10. The van der Waals surface area contributed by atoms with Gasteiger partial charge in [-0.25, -0.2) is 0 Å². The van der Waals surface area contributed by atoms with Crippen molar-refractivity contribution in [3.63, 3.8) is 0 Å². The highest BCUT2D eigenvalue weighted by molar-refractivity contribution is 6.17. The van der Waals surface area contributed by atoms with Crippen LogP contribution in [0.2, 0.25) is 0 Å². The standard InChI is InChI=1S/C26H25NO/c1-15-9-11-17(3)23-21(15)13-22-16(2)10-12-18(4)24(22)25(23)20-8-6-7-19(14-27-5)26(20)28/h6-14,28H,1-5H3. The summed E-state index contributed by atoms with van der Waals surface area (Å²) in [7, 11) is 1.72. The van der Waals surface area contributed by atoms with Crippen molar-refractivity contribution in [3.05, 3.63) is 76.3 Å². The summed E-state index contributed by atoms with van der Waals surface area (Å²) in [5.41, 5.74) is 7.63. The second-order valence-electron chi connectivity index (χ2n) is 7.63. The second-order valence-corrected chi connectivity index (χ2v) is 7.63. The number of aromatic hydroxyl groups is 1. The van der Waals surface area contributed by atoms with Crippen LogP contribution in [0, 0.1) is 27.7 Å². The Bertz CT molecular complexity index is 1200. The summed E-state index contributed by atoms with van der Waals surface area (Å²) in [5.74, 6) is 0.281. The molecule has 2 heteroatoms. The van der Waals surface area contributed by atoms with E-state index in [4.69, 9.17) is 0 Å². The minimum atomic E-state index is 0.281. The zero-order chi connectivity index (χ0) is 20.0. The van der Waals surface area contributed by atoms with Crippen molar-refractivity contribution in [2.45, 2.75) is 27.7 Å². The molecule has 140 valence electrons. The Labute approximate surface area is 166 Å². The molecule has 4 aromatic rings. The molecule has 0 bridgehead atoms. The monoisotopic (exact) mass is 367 g/mol. The molecule has 4 rings (SSSR count). The van der Waals surface area contributed by atoms with Gasteiger partial charge in [-0.15, -0.1) is 0 Å². The predicted octanol–water partition coefficient (Wildman–Crippen LogP) is 6.65. The number of aliphatic imine (C=N–C) groups is 1. The highest BCUT2D eigenvalue weighted by Crippen LogP contribution is 2.44. The number of nitrogens with zero attached hydrogens (tertiary/aromatic N) is 1. The molecule has 0 fully saturated rings. The Hall–Kier alpha value is -3.13. The molecule has 2 nitrogen and oxygen atoms in total. The number of aryl methyl sites for hydroxylation is 4. The molecule has 0 saturated carbocycles. The maximum Gasteiger partial charge on any atom is 0.132 e. The van der Waals surface area contributed by atoms with Crippen LogP contribution in [0.1, 0.15) is 27.8 Å². The van der Waals surface area contributed by atoms with Crippen LogP contribution in [-0.4, -0.2) is 18.4 Å². The number of phenols is 1. The van der Waals surface area contributed by atoms with Crippen molar-refractivity contribution in [2.24, 2.45) is 4.99 Å². The molecule has 0 aromatic heterocycles. The van der Waals surface area contributed by atoms with Crippen molar-refractivity contribution >= 4 is 27.8 Å². The van der Waals surface area contributed by atoms with Crippen molar-refractivity contribution in [2.75, 3.05) is 7.05 Å². The molecule has 4 aromatic carbocycles. The summed E-state index contributed by atoms with van der Waals surface area (Å²) >= 11 is 0. The molecule has 0 saturated heterocycles. The molecule has 0 radical (unpaired) electrons. The lowest BCUT2D eigenvalue weighted by atomic mass is 9.85. The zero-order valence-corrected chi connectivity index (χ0v) is 17.1. The number of hydrogen-bond donors (Lipinski definition) is 1. The molecule has 0 unspecified atom stereocenters. The van der Waals surface area contributed by atoms with Crippen LogP contribution < -0.4 is 0 Å². The zero-order valence-electron chi connectivity index (χ0n) is 17.1. The fourth-order valence-electron chi connectivity index (χ4n) is 4.25. The lowest BCUT2D eigenvalue weighted by Crippen LogP contribution is -1.95. The van der Waals surface area contributed by atoms with Crippen LogP contribution in [0.4, 0.5) is 0 Å². The average molecular weight is 367 g/mol. The van der Waals surface area contributed by atoms with Crippen LogP contribution in [0.3, 0.4) is 0 Å². The van der Waals surface area contributed by atoms with Crippen LogP contribution in [0.5, 0.6) is 5.75 Å². The second kappa shape index (κ2) is 6.79. The van der Waals surface area contributed by atoms with Gasteiger partial charge in [0.15, 0.2) is 0 Å². The molecule has 1 N–H and O–H groups in total. The van der Waals surface area contributed by atoms with E-state index in [0.717, 1.165) is 16.7 Å². The van der Waals surface area contributed by atoms with Gasteiger partial charge in [0, 0.05) is 30.0 Å². The molecule has 0 heterocycles. The van der Waals surface area contributed by atoms with E-state index < -0.39 is 0 Å². The van der Waals surface area contributed by atoms with E-state index in [-0.39, 0.29) is 5.75 Å². The highest BCUT2D eigenvalue weighted by atomic mass is 16.3.